The Kier molecular flexibility index (Phi) is 3.43. The van der Waals surface area contributed by atoms with E-state index >= 15 is 0 Å². The van der Waals surface area contributed by atoms with E-state index in [1.165, 1.54) is 0 Å². The molecule has 17 heavy (non-hydrogen) atoms. The predicted octanol–water partition coefficient (Wildman–Crippen LogP) is 0.843. The highest BCUT2D eigenvalue weighted by Gasteiger charge is 2.23. The van der Waals surface area contributed by atoms with Gasteiger partial charge in [0.15, 0.2) is 5.11 Å². The first-order chi connectivity index (χ1) is 8.20. The lowest BCUT2D eigenvalue weighted by atomic mass is 10.2. The summed E-state index contributed by atoms with van der Waals surface area (Å²) in [6.45, 7) is 2.97. The highest BCUT2D eigenvalue weighted by Crippen LogP contribution is 2.20. The summed E-state index contributed by atoms with van der Waals surface area (Å²) < 4.78 is 0. The molecule has 1 aromatic carbocycles. The van der Waals surface area contributed by atoms with Crippen LogP contribution in [0.15, 0.2) is 24.3 Å². The second-order valence-corrected chi connectivity index (χ2v) is 4.28. The van der Waals surface area contributed by atoms with Crippen LogP contribution >= 0.6 is 12.2 Å². The predicted molar refractivity (Wildman–Crippen MR) is 71.8 cm³/mol. The van der Waals surface area contributed by atoms with Crippen LogP contribution in [0.25, 0.3) is 0 Å². The van der Waals surface area contributed by atoms with Gasteiger partial charge in [-0.25, -0.2) is 0 Å². The number of nitrogens with zero attached hydrogens (tertiary/aromatic N) is 1. The molecular formula is C11H14N4OS. The van der Waals surface area contributed by atoms with Crippen molar-refractivity contribution in [1.29, 1.82) is 0 Å². The molecule has 1 saturated heterocycles. The Morgan fingerprint density at radius 1 is 1.47 bits per heavy atom. The van der Waals surface area contributed by atoms with Crippen LogP contribution in [0.3, 0.4) is 0 Å². The third-order valence-electron chi connectivity index (χ3n) is 2.53. The van der Waals surface area contributed by atoms with Crippen molar-refractivity contribution in [2.24, 2.45) is 0 Å². The van der Waals surface area contributed by atoms with Gasteiger partial charge in [0, 0.05) is 18.3 Å². The second-order valence-electron chi connectivity index (χ2n) is 3.90. The number of hydrazine groups is 1. The molecule has 1 aliphatic rings. The number of benzene rings is 1. The molecule has 1 amide bonds. The average Bonchev–Trinajstić information content (AvgIpc) is 2.66. The van der Waals surface area contributed by atoms with Gasteiger partial charge in [0.2, 0.25) is 6.41 Å². The molecule has 0 aliphatic carbocycles. The minimum atomic E-state index is 0.372. The van der Waals surface area contributed by atoms with Gasteiger partial charge in [0.25, 0.3) is 0 Å². The average molecular weight is 250 g/mol. The zero-order chi connectivity index (χ0) is 12.3. The summed E-state index contributed by atoms with van der Waals surface area (Å²) in [5.74, 6) is 0. The molecule has 2 rings (SSSR count). The van der Waals surface area contributed by atoms with Crippen molar-refractivity contribution in [1.82, 2.24) is 10.7 Å². The fraction of sp³-hybridized carbons (Fsp3) is 0.273. The molecule has 90 valence electrons. The molecule has 0 bridgehead atoms. The molecule has 1 aromatic rings. The van der Waals surface area contributed by atoms with Crippen LogP contribution in [-0.4, -0.2) is 24.1 Å². The number of hydrogen-bond donors (Lipinski definition) is 3. The number of nitrogens with one attached hydrogen (secondary N) is 3. The van der Waals surface area contributed by atoms with E-state index in [0.29, 0.717) is 12.5 Å². The summed E-state index contributed by atoms with van der Waals surface area (Å²) in [5, 5.41) is 3.95. The molecule has 1 heterocycles. The van der Waals surface area contributed by atoms with Gasteiger partial charge >= 0.3 is 0 Å². The zero-order valence-electron chi connectivity index (χ0n) is 9.43. The van der Waals surface area contributed by atoms with Gasteiger partial charge in [-0.1, -0.05) is 0 Å². The Labute approximate surface area is 105 Å². The van der Waals surface area contributed by atoms with Crippen molar-refractivity contribution in [3.63, 3.8) is 0 Å². The first-order valence-electron chi connectivity index (χ1n) is 5.34. The van der Waals surface area contributed by atoms with E-state index in [1.807, 2.05) is 24.3 Å². The molecule has 0 saturated carbocycles. The van der Waals surface area contributed by atoms with Crippen molar-refractivity contribution < 1.29 is 4.79 Å². The van der Waals surface area contributed by atoms with Crippen LogP contribution in [0.5, 0.6) is 0 Å². The molecule has 0 spiro atoms. The number of thiocarbonyl (C=S) groups is 1. The number of hydrogen-bond acceptors (Lipinski definition) is 3. The Balaban J connectivity index is 2.07. The number of rotatable bonds is 4. The van der Waals surface area contributed by atoms with Gasteiger partial charge < -0.3 is 10.2 Å². The first-order valence-corrected chi connectivity index (χ1v) is 5.75. The highest BCUT2D eigenvalue weighted by atomic mass is 32.1. The lowest BCUT2D eigenvalue weighted by Crippen LogP contribution is -2.27. The molecule has 0 radical (unpaired) electrons. The second kappa shape index (κ2) is 5.01. The highest BCUT2D eigenvalue weighted by molar-refractivity contribution is 7.80. The maximum atomic E-state index is 10.1. The van der Waals surface area contributed by atoms with E-state index < -0.39 is 0 Å². The summed E-state index contributed by atoms with van der Waals surface area (Å²) in [6.07, 6.45) is 0.592. The summed E-state index contributed by atoms with van der Waals surface area (Å²) in [6, 6.07) is 8.06. The topological polar surface area (TPSA) is 56.4 Å². The zero-order valence-corrected chi connectivity index (χ0v) is 10.3. The molecule has 1 aliphatic heterocycles. The lowest BCUT2D eigenvalue weighted by Gasteiger charge is -2.17. The molecule has 1 atom stereocenters. The van der Waals surface area contributed by atoms with E-state index in [2.05, 4.69) is 28.0 Å². The number of carbonyl (C=O) groups excluding carboxylic acids is 1. The number of amides is 1. The van der Waals surface area contributed by atoms with Gasteiger partial charge in [-0.05, 0) is 43.4 Å². The molecule has 1 fully saturated rings. The smallest absolute Gasteiger partial charge is 0.225 e. The normalized spacial score (nSPS) is 18.8. The first kappa shape index (κ1) is 11.7. The van der Waals surface area contributed by atoms with Crippen LogP contribution in [0.4, 0.5) is 11.4 Å². The van der Waals surface area contributed by atoms with E-state index in [9.17, 15) is 4.79 Å². The van der Waals surface area contributed by atoms with Gasteiger partial charge in [0.1, 0.15) is 0 Å². The van der Waals surface area contributed by atoms with E-state index in [4.69, 9.17) is 12.2 Å². The minimum Gasteiger partial charge on any atom is -0.358 e. The lowest BCUT2D eigenvalue weighted by molar-refractivity contribution is -0.109. The van der Waals surface area contributed by atoms with Crippen LogP contribution in [0.1, 0.15) is 6.92 Å². The molecule has 3 N–H and O–H groups in total. The summed E-state index contributed by atoms with van der Waals surface area (Å²) >= 11 is 5.24. The fourth-order valence-corrected chi connectivity index (χ4v) is 2.13. The van der Waals surface area contributed by atoms with Crippen molar-refractivity contribution in [2.45, 2.75) is 13.0 Å². The fourth-order valence-electron chi connectivity index (χ4n) is 1.75. The summed E-state index contributed by atoms with van der Waals surface area (Å²) in [5.41, 5.74) is 7.00. The number of carbonyl (C=O) groups is 1. The largest absolute Gasteiger partial charge is 0.358 e. The molecule has 1 unspecified atom stereocenters. The van der Waals surface area contributed by atoms with Crippen LogP contribution in [-0.2, 0) is 4.79 Å². The van der Waals surface area contributed by atoms with E-state index in [1.54, 1.807) is 0 Å². The van der Waals surface area contributed by atoms with Crippen LogP contribution < -0.4 is 21.1 Å². The van der Waals surface area contributed by atoms with Crippen LogP contribution in [0.2, 0.25) is 0 Å². The van der Waals surface area contributed by atoms with Crippen molar-refractivity contribution in [3.05, 3.63) is 24.3 Å². The third-order valence-corrected chi connectivity index (χ3v) is 2.86. The summed E-state index contributed by atoms with van der Waals surface area (Å²) in [7, 11) is 0. The van der Waals surface area contributed by atoms with Crippen LogP contribution in [0, 0.1) is 0 Å². The maximum Gasteiger partial charge on any atom is 0.225 e. The SMILES string of the molecule is CC1CN(c2ccc(NNC=O)cc2)C(=S)N1. The van der Waals surface area contributed by atoms with Crippen molar-refractivity contribution >= 4 is 35.1 Å². The summed E-state index contributed by atoms with van der Waals surface area (Å²) in [4.78, 5) is 12.2. The van der Waals surface area contributed by atoms with Crippen molar-refractivity contribution in [2.75, 3.05) is 16.9 Å². The molecule has 6 heteroatoms. The standard InChI is InChI=1S/C11H14N4OS/c1-8-6-15(11(17)13-8)10-4-2-9(3-5-10)14-12-7-16/h2-5,7-8,14H,6H2,1H3,(H,12,16)(H,13,17). The van der Waals surface area contributed by atoms with Crippen molar-refractivity contribution in [3.8, 4) is 0 Å². The third kappa shape index (κ3) is 2.65. The van der Waals surface area contributed by atoms with E-state index in [-0.39, 0.29) is 0 Å². The minimum absolute atomic E-state index is 0.372. The molecule has 5 nitrogen and oxygen atoms in total. The van der Waals surface area contributed by atoms with E-state index in [0.717, 1.165) is 23.0 Å². The van der Waals surface area contributed by atoms with Gasteiger partial charge in [-0.15, -0.1) is 0 Å². The van der Waals surface area contributed by atoms with Gasteiger partial charge in [0.05, 0.1) is 5.69 Å². The van der Waals surface area contributed by atoms with Gasteiger partial charge in [-0.3, -0.25) is 15.6 Å². The molecule has 0 aromatic heterocycles. The van der Waals surface area contributed by atoms with Gasteiger partial charge in [-0.2, -0.15) is 0 Å². The monoisotopic (exact) mass is 250 g/mol. The Bertz CT molecular complexity index is 420. The molecular weight excluding hydrogens is 236 g/mol. The quantitative estimate of drug-likeness (QED) is 0.420. The Hall–Kier alpha value is -1.82. The Morgan fingerprint density at radius 2 is 2.18 bits per heavy atom. The number of anilines is 2. The Morgan fingerprint density at radius 3 is 2.71 bits per heavy atom. The maximum absolute atomic E-state index is 10.1.